The van der Waals surface area contributed by atoms with Gasteiger partial charge in [-0.25, -0.2) is 4.72 Å². The van der Waals surface area contributed by atoms with Crippen molar-refractivity contribution in [3.05, 3.63) is 82.5 Å². The molecule has 2 aromatic carbocycles. The third-order valence-corrected chi connectivity index (χ3v) is 8.86. The summed E-state index contributed by atoms with van der Waals surface area (Å²) < 4.78 is 30.1. The molecule has 0 spiro atoms. The van der Waals surface area contributed by atoms with Crippen LogP contribution in [0.1, 0.15) is 29.4 Å². The van der Waals surface area contributed by atoms with Crippen LogP contribution in [0, 0.1) is 5.92 Å². The average Bonchev–Trinajstić information content (AvgIpc) is 3.12. The maximum absolute atomic E-state index is 13.7. The number of halogens is 2. The van der Waals surface area contributed by atoms with E-state index < -0.39 is 27.4 Å². The lowest BCUT2D eigenvalue weighted by atomic mass is 9.68. The lowest BCUT2D eigenvalue weighted by Crippen LogP contribution is -2.64. The number of aryl methyl sites for hydroxylation is 1. The van der Waals surface area contributed by atoms with Crippen LogP contribution < -0.4 is 4.72 Å². The molecule has 1 fully saturated rings. The van der Waals surface area contributed by atoms with E-state index in [0.29, 0.717) is 27.5 Å². The summed E-state index contributed by atoms with van der Waals surface area (Å²) in [6.07, 6.45) is 1.95. The van der Waals surface area contributed by atoms with E-state index in [9.17, 15) is 18.0 Å². The van der Waals surface area contributed by atoms with Crippen molar-refractivity contribution >= 4 is 56.0 Å². The summed E-state index contributed by atoms with van der Waals surface area (Å²) in [5.74, 6) is -1.39. The monoisotopic (exact) mass is 533 g/mol. The van der Waals surface area contributed by atoms with E-state index in [1.54, 1.807) is 29.8 Å². The number of ketones is 1. The van der Waals surface area contributed by atoms with Gasteiger partial charge in [-0.15, -0.1) is 6.58 Å². The molecular formula is C25H25Cl2N3O4S. The van der Waals surface area contributed by atoms with Gasteiger partial charge >= 0.3 is 10.2 Å². The number of carbonyl (C=O) groups excluding carboxylic acids is 2. The van der Waals surface area contributed by atoms with Crippen molar-refractivity contribution in [1.29, 1.82) is 0 Å². The maximum atomic E-state index is 13.7. The van der Waals surface area contributed by atoms with E-state index in [-0.39, 0.29) is 18.9 Å². The third kappa shape index (κ3) is 4.63. The summed E-state index contributed by atoms with van der Waals surface area (Å²) in [6, 6.07) is 14.7. The first-order chi connectivity index (χ1) is 16.5. The topological polar surface area (TPSA) is 88.5 Å². The van der Waals surface area contributed by atoms with Crippen molar-refractivity contribution < 1.29 is 18.0 Å². The Labute approximate surface area is 214 Å². The van der Waals surface area contributed by atoms with Crippen LogP contribution in [0.5, 0.6) is 0 Å². The second-order valence-corrected chi connectivity index (χ2v) is 11.3. The smallest absolute Gasteiger partial charge is 0.303 e. The van der Waals surface area contributed by atoms with Gasteiger partial charge in [0, 0.05) is 49.3 Å². The van der Waals surface area contributed by atoms with E-state index in [2.05, 4.69) is 6.58 Å². The standard InChI is InChI=1S/C25H25Cl2N3O4S/c1-4-17(24(32)22-12-19-21(29(22)3)11-10-20(26)23(19)27)13-25(18-8-6-5-7-9-18)14-30(15-25)35(33,34)28-16(2)31/h4-12,17H,1,13-15H2,2-3H3,(H,28,31). The molecule has 1 N–H and O–H groups in total. The lowest BCUT2D eigenvalue weighted by molar-refractivity contribution is -0.117. The van der Waals surface area contributed by atoms with Crippen molar-refractivity contribution in [3.8, 4) is 0 Å². The van der Waals surface area contributed by atoms with Crippen LogP contribution in [0.2, 0.25) is 10.0 Å². The minimum Gasteiger partial charge on any atom is -0.341 e. The number of benzene rings is 2. The van der Waals surface area contributed by atoms with Crippen LogP contribution in [0.3, 0.4) is 0 Å². The summed E-state index contributed by atoms with van der Waals surface area (Å²) in [4.78, 5) is 25.0. The zero-order valence-corrected chi connectivity index (χ0v) is 21.6. The predicted octanol–water partition coefficient (Wildman–Crippen LogP) is 4.49. The molecule has 35 heavy (non-hydrogen) atoms. The molecule has 3 aromatic rings. The van der Waals surface area contributed by atoms with Crippen molar-refractivity contribution in [2.75, 3.05) is 13.1 Å². The van der Waals surface area contributed by atoms with E-state index in [1.807, 2.05) is 41.1 Å². The quantitative estimate of drug-likeness (QED) is 0.341. The number of amides is 1. The molecule has 4 rings (SSSR count). The van der Waals surface area contributed by atoms with E-state index in [1.165, 1.54) is 4.31 Å². The zero-order chi connectivity index (χ0) is 25.5. The normalized spacial score (nSPS) is 16.5. The summed E-state index contributed by atoms with van der Waals surface area (Å²) in [7, 11) is -2.17. The van der Waals surface area contributed by atoms with Crippen molar-refractivity contribution in [1.82, 2.24) is 13.6 Å². The van der Waals surface area contributed by atoms with Gasteiger partial charge in [0.1, 0.15) is 0 Å². The molecule has 0 aliphatic carbocycles. The zero-order valence-electron chi connectivity index (χ0n) is 19.3. The van der Waals surface area contributed by atoms with Crippen LogP contribution in [-0.2, 0) is 27.5 Å². The van der Waals surface area contributed by atoms with Gasteiger partial charge in [0.05, 0.1) is 15.7 Å². The summed E-state index contributed by atoms with van der Waals surface area (Å²) in [5, 5.41) is 1.47. The van der Waals surface area contributed by atoms with Crippen LogP contribution in [0.15, 0.2) is 61.2 Å². The van der Waals surface area contributed by atoms with Crippen LogP contribution in [-0.4, -0.2) is 42.1 Å². The number of nitrogens with one attached hydrogen (secondary N) is 1. The van der Waals surface area contributed by atoms with Crippen LogP contribution in [0.25, 0.3) is 10.9 Å². The number of aromatic nitrogens is 1. The molecular weight excluding hydrogens is 509 g/mol. The van der Waals surface area contributed by atoms with Gasteiger partial charge in [-0.05, 0) is 30.2 Å². The predicted molar refractivity (Wildman–Crippen MR) is 138 cm³/mol. The first-order valence-corrected chi connectivity index (χ1v) is 13.1. The molecule has 1 amide bonds. The number of fused-ring (bicyclic) bond motifs is 1. The Bertz CT molecular complexity index is 1430. The Morgan fingerprint density at radius 1 is 1.17 bits per heavy atom. The SMILES string of the molecule is C=CC(CC1(c2ccccc2)CN(S(=O)(=O)NC(C)=O)C1)C(=O)c1cc2c(Cl)c(Cl)ccc2n1C. The average molecular weight is 534 g/mol. The highest BCUT2D eigenvalue weighted by molar-refractivity contribution is 7.87. The van der Waals surface area contributed by atoms with Crippen molar-refractivity contribution in [2.24, 2.45) is 13.0 Å². The Hall–Kier alpha value is -2.65. The number of hydrogen-bond donors (Lipinski definition) is 1. The van der Waals surface area contributed by atoms with E-state index >= 15 is 0 Å². The molecule has 1 atom stereocenters. The Morgan fingerprint density at radius 3 is 2.43 bits per heavy atom. The van der Waals surface area contributed by atoms with E-state index in [4.69, 9.17) is 23.2 Å². The summed E-state index contributed by atoms with van der Waals surface area (Å²) in [5.41, 5.74) is 1.53. The third-order valence-electron chi connectivity index (χ3n) is 6.55. The highest BCUT2D eigenvalue weighted by atomic mass is 35.5. The fraction of sp³-hybridized carbons (Fsp3) is 0.280. The van der Waals surface area contributed by atoms with Gasteiger partial charge in [-0.3, -0.25) is 9.59 Å². The lowest BCUT2D eigenvalue weighted by Gasteiger charge is -2.50. The maximum Gasteiger partial charge on any atom is 0.303 e. The Kier molecular flexibility index (Phi) is 6.85. The molecule has 184 valence electrons. The molecule has 1 aliphatic heterocycles. The van der Waals surface area contributed by atoms with Gasteiger partial charge in [0.25, 0.3) is 0 Å². The highest BCUT2D eigenvalue weighted by Crippen LogP contribution is 2.42. The molecule has 10 heteroatoms. The number of allylic oxidation sites excluding steroid dienone is 1. The molecule has 0 bridgehead atoms. The second kappa shape index (κ2) is 9.43. The van der Waals surface area contributed by atoms with Gasteiger partial charge in [0.15, 0.2) is 5.78 Å². The van der Waals surface area contributed by atoms with Gasteiger partial charge < -0.3 is 4.57 Å². The number of rotatable bonds is 8. The fourth-order valence-electron chi connectivity index (χ4n) is 4.75. The molecule has 7 nitrogen and oxygen atoms in total. The largest absolute Gasteiger partial charge is 0.341 e. The summed E-state index contributed by atoms with van der Waals surface area (Å²) >= 11 is 12.5. The van der Waals surface area contributed by atoms with Gasteiger partial charge in [0.2, 0.25) is 5.91 Å². The molecule has 2 heterocycles. The van der Waals surface area contributed by atoms with Crippen LogP contribution in [0.4, 0.5) is 0 Å². The molecule has 1 aliphatic rings. The molecule has 0 saturated carbocycles. The first kappa shape index (κ1) is 25.4. The van der Waals surface area contributed by atoms with Gasteiger partial charge in [-0.1, -0.05) is 59.6 Å². The number of carbonyl (C=O) groups is 2. The molecule has 1 saturated heterocycles. The number of nitrogens with zero attached hydrogens (tertiary/aromatic N) is 2. The fourth-order valence-corrected chi connectivity index (χ4v) is 6.45. The first-order valence-electron chi connectivity index (χ1n) is 10.9. The van der Waals surface area contributed by atoms with Crippen molar-refractivity contribution in [3.63, 3.8) is 0 Å². The molecule has 1 unspecified atom stereocenters. The summed E-state index contributed by atoms with van der Waals surface area (Å²) in [6.45, 7) is 5.32. The Balaban J connectivity index is 1.67. The number of hydrogen-bond acceptors (Lipinski definition) is 4. The molecule has 0 radical (unpaired) electrons. The second-order valence-electron chi connectivity index (χ2n) is 8.87. The Morgan fingerprint density at radius 2 is 1.83 bits per heavy atom. The van der Waals surface area contributed by atoms with E-state index in [0.717, 1.165) is 18.0 Å². The highest BCUT2D eigenvalue weighted by Gasteiger charge is 2.50. The van der Waals surface area contributed by atoms with Crippen molar-refractivity contribution in [2.45, 2.75) is 18.8 Å². The number of Topliss-reactive ketones (excluding diaryl/α,β-unsaturated/α-hetero) is 1. The minimum absolute atomic E-state index is 0.133. The van der Waals surface area contributed by atoms with Crippen LogP contribution >= 0.6 is 23.2 Å². The molecule has 1 aromatic heterocycles. The van der Waals surface area contributed by atoms with Gasteiger partial charge in [-0.2, -0.15) is 12.7 Å². The minimum atomic E-state index is -3.96.